The third-order valence-electron chi connectivity index (χ3n) is 2.93. The fourth-order valence-corrected chi connectivity index (χ4v) is 1.96. The summed E-state index contributed by atoms with van der Waals surface area (Å²) in [6.07, 6.45) is 2.45. The lowest BCUT2D eigenvalue weighted by molar-refractivity contribution is -0.123. The number of carbonyl (C=O) groups excluding carboxylic acids is 1. The summed E-state index contributed by atoms with van der Waals surface area (Å²) in [4.78, 5) is 11.9. The summed E-state index contributed by atoms with van der Waals surface area (Å²) in [6.45, 7) is 4.05. The summed E-state index contributed by atoms with van der Waals surface area (Å²) >= 11 is 5.85. The molecule has 0 spiro atoms. The van der Waals surface area contributed by atoms with Gasteiger partial charge in [0.25, 0.3) is 0 Å². The summed E-state index contributed by atoms with van der Waals surface area (Å²) in [7, 11) is 0. The molecule has 1 rings (SSSR count). The van der Waals surface area contributed by atoms with E-state index in [-0.39, 0.29) is 11.9 Å². The molecular formula is C14H21ClN2O. The SMILES string of the molecule is CCC[C@H](N)C(=O)NC(CC)c1ccc(Cl)cc1. The molecule has 0 aliphatic carbocycles. The lowest BCUT2D eigenvalue weighted by Gasteiger charge is -2.20. The van der Waals surface area contributed by atoms with Gasteiger partial charge >= 0.3 is 0 Å². The average Bonchev–Trinajstić information content (AvgIpc) is 2.37. The maximum Gasteiger partial charge on any atom is 0.237 e. The Morgan fingerprint density at radius 1 is 1.33 bits per heavy atom. The van der Waals surface area contributed by atoms with Crippen molar-refractivity contribution in [1.29, 1.82) is 0 Å². The second-order valence-electron chi connectivity index (χ2n) is 4.42. The van der Waals surface area contributed by atoms with Crippen molar-refractivity contribution in [3.8, 4) is 0 Å². The summed E-state index contributed by atoms with van der Waals surface area (Å²) in [5.74, 6) is -0.0846. The Morgan fingerprint density at radius 3 is 2.44 bits per heavy atom. The van der Waals surface area contributed by atoms with Crippen LogP contribution in [-0.2, 0) is 4.79 Å². The molecule has 3 nitrogen and oxygen atoms in total. The van der Waals surface area contributed by atoms with Gasteiger partial charge in [0.05, 0.1) is 12.1 Å². The number of rotatable bonds is 6. The van der Waals surface area contributed by atoms with E-state index in [2.05, 4.69) is 5.32 Å². The van der Waals surface area contributed by atoms with Crippen molar-refractivity contribution in [2.75, 3.05) is 0 Å². The molecule has 4 heteroatoms. The molecule has 1 aromatic rings. The summed E-state index contributed by atoms with van der Waals surface area (Å²) < 4.78 is 0. The van der Waals surface area contributed by atoms with Crippen LogP contribution in [0.5, 0.6) is 0 Å². The minimum Gasteiger partial charge on any atom is -0.348 e. The lowest BCUT2D eigenvalue weighted by Crippen LogP contribution is -2.42. The van der Waals surface area contributed by atoms with Crippen LogP contribution in [0.15, 0.2) is 24.3 Å². The van der Waals surface area contributed by atoms with Crippen molar-refractivity contribution in [2.45, 2.75) is 45.2 Å². The molecule has 0 fully saturated rings. The number of carbonyl (C=O) groups is 1. The molecule has 0 radical (unpaired) electrons. The highest BCUT2D eigenvalue weighted by Gasteiger charge is 2.17. The van der Waals surface area contributed by atoms with Crippen LogP contribution >= 0.6 is 11.6 Å². The van der Waals surface area contributed by atoms with Crippen molar-refractivity contribution in [3.05, 3.63) is 34.9 Å². The van der Waals surface area contributed by atoms with Crippen molar-refractivity contribution in [2.24, 2.45) is 5.73 Å². The predicted octanol–water partition coefficient (Wildman–Crippen LogP) is 3.03. The first-order chi connectivity index (χ1) is 8.58. The molecule has 1 aromatic carbocycles. The highest BCUT2D eigenvalue weighted by atomic mass is 35.5. The zero-order chi connectivity index (χ0) is 13.5. The molecule has 3 N–H and O–H groups in total. The Kier molecular flexibility index (Phi) is 6.16. The third kappa shape index (κ3) is 4.31. The quantitative estimate of drug-likeness (QED) is 0.833. The molecule has 0 aliphatic rings. The van der Waals surface area contributed by atoms with Crippen LogP contribution in [0.25, 0.3) is 0 Å². The van der Waals surface area contributed by atoms with E-state index in [9.17, 15) is 4.79 Å². The van der Waals surface area contributed by atoms with E-state index < -0.39 is 6.04 Å². The van der Waals surface area contributed by atoms with Gasteiger partial charge in [0, 0.05) is 5.02 Å². The molecule has 0 aromatic heterocycles. The smallest absolute Gasteiger partial charge is 0.237 e. The molecule has 0 aliphatic heterocycles. The number of nitrogens with one attached hydrogen (secondary N) is 1. The summed E-state index contributed by atoms with van der Waals surface area (Å²) in [6, 6.07) is 7.11. The maximum absolute atomic E-state index is 11.9. The minimum atomic E-state index is -0.420. The molecule has 0 saturated heterocycles. The van der Waals surface area contributed by atoms with Crippen LogP contribution in [0.1, 0.15) is 44.7 Å². The summed E-state index contributed by atoms with van der Waals surface area (Å²) in [5, 5.41) is 3.68. The second kappa shape index (κ2) is 7.39. The van der Waals surface area contributed by atoms with Crippen molar-refractivity contribution in [3.63, 3.8) is 0 Å². The molecular weight excluding hydrogens is 248 g/mol. The second-order valence-corrected chi connectivity index (χ2v) is 4.85. The maximum atomic E-state index is 11.9. The van der Waals surface area contributed by atoms with E-state index in [0.717, 1.165) is 18.4 Å². The van der Waals surface area contributed by atoms with Crippen LogP contribution in [0.4, 0.5) is 0 Å². The molecule has 0 heterocycles. The molecule has 0 bridgehead atoms. The first-order valence-corrected chi connectivity index (χ1v) is 6.77. The fourth-order valence-electron chi connectivity index (χ4n) is 1.84. The molecule has 0 saturated carbocycles. The molecule has 18 heavy (non-hydrogen) atoms. The zero-order valence-electron chi connectivity index (χ0n) is 10.9. The Balaban J connectivity index is 2.67. The van der Waals surface area contributed by atoms with Gasteiger partial charge in [0.15, 0.2) is 0 Å². The van der Waals surface area contributed by atoms with Gasteiger partial charge in [-0.05, 0) is 30.5 Å². The van der Waals surface area contributed by atoms with E-state index in [1.165, 1.54) is 0 Å². The molecule has 100 valence electrons. The third-order valence-corrected chi connectivity index (χ3v) is 3.19. The fraction of sp³-hybridized carbons (Fsp3) is 0.500. The Labute approximate surface area is 114 Å². The minimum absolute atomic E-state index is 0.00215. The average molecular weight is 269 g/mol. The van der Waals surface area contributed by atoms with Crippen LogP contribution in [0.3, 0.4) is 0 Å². The van der Waals surface area contributed by atoms with Gasteiger partial charge in [-0.25, -0.2) is 0 Å². The van der Waals surface area contributed by atoms with E-state index in [1.54, 1.807) is 0 Å². The predicted molar refractivity (Wildman–Crippen MR) is 75.5 cm³/mol. The Morgan fingerprint density at radius 2 is 1.94 bits per heavy atom. The van der Waals surface area contributed by atoms with Crippen molar-refractivity contribution >= 4 is 17.5 Å². The number of halogens is 1. The van der Waals surface area contributed by atoms with Gasteiger partial charge < -0.3 is 11.1 Å². The van der Waals surface area contributed by atoms with Crippen LogP contribution in [0, 0.1) is 0 Å². The van der Waals surface area contributed by atoms with Gasteiger partial charge in [0.2, 0.25) is 5.91 Å². The normalized spacial score (nSPS) is 14.0. The van der Waals surface area contributed by atoms with Gasteiger partial charge in [-0.15, -0.1) is 0 Å². The van der Waals surface area contributed by atoms with Gasteiger partial charge in [0.1, 0.15) is 0 Å². The van der Waals surface area contributed by atoms with Gasteiger partial charge in [-0.1, -0.05) is 44.0 Å². The molecule has 1 amide bonds. The Bertz CT molecular complexity index is 378. The van der Waals surface area contributed by atoms with Crippen LogP contribution < -0.4 is 11.1 Å². The van der Waals surface area contributed by atoms with Crippen molar-refractivity contribution < 1.29 is 4.79 Å². The zero-order valence-corrected chi connectivity index (χ0v) is 11.7. The molecule has 2 atom stereocenters. The number of nitrogens with two attached hydrogens (primary N) is 1. The highest BCUT2D eigenvalue weighted by Crippen LogP contribution is 2.19. The van der Waals surface area contributed by atoms with Crippen molar-refractivity contribution in [1.82, 2.24) is 5.32 Å². The van der Waals surface area contributed by atoms with E-state index in [4.69, 9.17) is 17.3 Å². The standard InChI is InChI=1S/C14H21ClN2O/c1-3-5-12(16)14(18)17-13(4-2)10-6-8-11(15)9-7-10/h6-9,12-13H,3-5,16H2,1-2H3,(H,17,18)/t12-,13?/m0/s1. The monoisotopic (exact) mass is 268 g/mol. The number of hydrogen-bond acceptors (Lipinski definition) is 2. The van der Waals surface area contributed by atoms with Gasteiger partial charge in [-0.2, -0.15) is 0 Å². The van der Waals surface area contributed by atoms with Gasteiger partial charge in [-0.3, -0.25) is 4.79 Å². The Hall–Kier alpha value is -1.06. The summed E-state index contributed by atoms with van der Waals surface area (Å²) in [5.41, 5.74) is 6.85. The van der Waals surface area contributed by atoms with E-state index >= 15 is 0 Å². The highest BCUT2D eigenvalue weighted by molar-refractivity contribution is 6.30. The first-order valence-electron chi connectivity index (χ1n) is 6.39. The first kappa shape index (κ1) is 15.0. The number of hydrogen-bond donors (Lipinski definition) is 2. The number of benzene rings is 1. The van der Waals surface area contributed by atoms with E-state index in [0.29, 0.717) is 11.4 Å². The van der Waals surface area contributed by atoms with E-state index in [1.807, 2.05) is 38.1 Å². The van der Waals surface area contributed by atoms with Crippen LogP contribution in [-0.4, -0.2) is 11.9 Å². The lowest BCUT2D eigenvalue weighted by atomic mass is 10.0. The largest absolute Gasteiger partial charge is 0.348 e. The topological polar surface area (TPSA) is 55.1 Å². The van der Waals surface area contributed by atoms with Crippen LogP contribution in [0.2, 0.25) is 5.02 Å². The molecule has 1 unspecified atom stereocenters. The number of amides is 1.